The van der Waals surface area contributed by atoms with Crippen LogP contribution in [-0.4, -0.2) is 27.1 Å². The molecular formula is C11H12F3NO4S. The van der Waals surface area contributed by atoms with Gasteiger partial charge in [-0.2, -0.15) is 21.6 Å². The summed E-state index contributed by atoms with van der Waals surface area (Å²) in [5, 5.41) is 2.34. The zero-order valence-electron chi connectivity index (χ0n) is 10.6. The zero-order chi connectivity index (χ0) is 15.6. The molecule has 1 aromatic rings. The van der Waals surface area contributed by atoms with Crippen LogP contribution in [0, 0.1) is 6.92 Å². The lowest BCUT2D eigenvalue weighted by molar-refractivity contribution is -0.152. The summed E-state index contributed by atoms with van der Waals surface area (Å²) in [5.41, 5.74) is 0.360. The Hall–Kier alpha value is -1.61. The molecule has 9 heteroatoms. The average Bonchev–Trinajstić information content (AvgIpc) is 2.27. The molecule has 0 spiro atoms. The molecular weight excluding hydrogens is 299 g/mol. The quantitative estimate of drug-likeness (QED) is 0.865. The fourth-order valence-electron chi connectivity index (χ4n) is 1.36. The van der Waals surface area contributed by atoms with E-state index >= 15 is 0 Å². The molecule has 1 rings (SSSR count). The van der Waals surface area contributed by atoms with Gasteiger partial charge in [-0.15, -0.1) is 0 Å². The van der Waals surface area contributed by atoms with Crippen LogP contribution >= 0.6 is 0 Å². The molecule has 0 heterocycles. The van der Waals surface area contributed by atoms with Gasteiger partial charge in [-0.3, -0.25) is 8.98 Å². The van der Waals surface area contributed by atoms with Crippen LogP contribution in [0.5, 0.6) is 0 Å². The molecule has 20 heavy (non-hydrogen) atoms. The smallest absolute Gasteiger partial charge is 0.326 e. The van der Waals surface area contributed by atoms with Crippen LogP contribution in [0.3, 0.4) is 0 Å². The summed E-state index contributed by atoms with van der Waals surface area (Å²) in [6, 6.07) is 3.83. The molecule has 0 aliphatic rings. The summed E-state index contributed by atoms with van der Waals surface area (Å²) in [4.78, 5) is 10.5. The van der Waals surface area contributed by atoms with Gasteiger partial charge in [0.05, 0.1) is 4.90 Å². The van der Waals surface area contributed by atoms with Crippen molar-refractivity contribution in [3.05, 3.63) is 23.8 Å². The molecule has 0 aliphatic carbocycles. The second kappa shape index (κ2) is 5.80. The van der Waals surface area contributed by atoms with E-state index in [1.165, 1.54) is 26.0 Å². The van der Waals surface area contributed by atoms with E-state index in [9.17, 15) is 26.4 Å². The van der Waals surface area contributed by atoms with Crippen molar-refractivity contribution < 1.29 is 30.6 Å². The number of amides is 1. The van der Waals surface area contributed by atoms with Crippen LogP contribution in [0.2, 0.25) is 0 Å². The third-order valence-corrected chi connectivity index (χ3v) is 3.56. The predicted molar refractivity (Wildman–Crippen MR) is 64.7 cm³/mol. The van der Waals surface area contributed by atoms with Crippen LogP contribution in [0.1, 0.15) is 12.5 Å². The number of alkyl halides is 3. The fraction of sp³-hybridized carbons (Fsp3) is 0.364. The highest BCUT2D eigenvalue weighted by atomic mass is 32.2. The Morgan fingerprint density at radius 1 is 1.35 bits per heavy atom. The number of anilines is 1. The first-order valence-electron chi connectivity index (χ1n) is 5.36. The normalized spacial score (nSPS) is 12.2. The van der Waals surface area contributed by atoms with Gasteiger partial charge >= 0.3 is 6.18 Å². The van der Waals surface area contributed by atoms with Crippen molar-refractivity contribution in [2.24, 2.45) is 0 Å². The zero-order valence-corrected chi connectivity index (χ0v) is 11.4. The summed E-state index contributed by atoms with van der Waals surface area (Å²) in [6.45, 7) is 0.717. The third kappa shape index (κ3) is 4.82. The van der Waals surface area contributed by atoms with E-state index in [-0.39, 0.29) is 11.3 Å². The molecule has 1 aromatic carbocycles. The first-order chi connectivity index (χ1) is 9.01. The van der Waals surface area contributed by atoms with Crippen molar-refractivity contribution in [2.75, 3.05) is 11.9 Å². The van der Waals surface area contributed by atoms with Gasteiger partial charge in [0.25, 0.3) is 10.1 Å². The Bertz CT molecular complexity index is 611. The molecule has 0 fully saturated rings. The Balaban J connectivity index is 3.07. The number of hydrogen-bond donors (Lipinski definition) is 1. The largest absolute Gasteiger partial charge is 0.413 e. The Labute approximate surface area is 113 Å². The monoisotopic (exact) mass is 311 g/mol. The molecule has 1 amide bonds. The maximum absolute atomic E-state index is 12.0. The number of carbonyl (C=O) groups excluding carboxylic acids is 1. The number of carbonyl (C=O) groups is 1. The Morgan fingerprint density at radius 2 is 1.95 bits per heavy atom. The van der Waals surface area contributed by atoms with E-state index < -0.39 is 33.7 Å². The van der Waals surface area contributed by atoms with Gasteiger partial charge in [0.1, 0.15) is 0 Å². The lowest BCUT2D eigenvalue weighted by atomic mass is 10.2. The highest BCUT2D eigenvalue weighted by molar-refractivity contribution is 7.86. The van der Waals surface area contributed by atoms with Crippen LogP contribution in [-0.2, 0) is 19.1 Å². The maximum atomic E-state index is 12.0. The second-order valence-corrected chi connectivity index (χ2v) is 5.58. The predicted octanol–water partition coefficient (Wildman–Crippen LogP) is 2.22. The minimum atomic E-state index is -4.75. The fourth-order valence-corrected chi connectivity index (χ4v) is 2.51. The molecule has 0 aromatic heterocycles. The molecule has 0 saturated carbocycles. The van der Waals surface area contributed by atoms with E-state index in [2.05, 4.69) is 9.50 Å². The van der Waals surface area contributed by atoms with Gasteiger partial charge in [-0.05, 0) is 24.6 Å². The van der Waals surface area contributed by atoms with E-state index in [1.54, 1.807) is 0 Å². The molecule has 0 saturated heterocycles. The Kier molecular flexibility index (Phi) is 4.77. The molecule has 5 nitrogen and oxygen atoms in total. The minimum absolute atomic E-state index is 0.150. The summed E-state index contributed by atoms with van der Waals surface area (Å²) < 4.78 is 63.4. The number of benzene rings is 1. The minimum Gasteiger partial charge on any atom is -0.326 e. The van der Waals surface area contributed by atoms with E-state index in [0.29, 0.717) is 0 Å². The second-order valence-electron chi connectivity index (χ2n) is 3.99. The number of nitrogens with one attached hydrogen (secondary N) is 1. The van der Waals surface area contributed by atoms with E-state index in [4.69, 9.17) is 0 Å². The average molecular weight is 311 g/mol. The summed E-state index contributed by atoms with van der Waals surface area (Å²) >= 11 is 0. The summed E-state index contributed by atoms with van der Waals surface area (Å²) in [5.74, 6) is -0.437. The topological polar surface area (TPSA) is 72.5 Å². The van der Waals surface area contributed by atoms with Crippen molar-refractivity contribution in [3.8, 4) is 0 Å². The van der Waals surface area contributed by atoms with Crippen molar-refractivity contribution >= 4 is 21.7 Å². The molecule has 0 aliphatic heterocycles. The maximum Gasteiger partial charge on any atom is 0.413 e. The molecule has 0 bridgehead atoms. The number of rotatable bonds is 4. The lowest BCUT2D eigenvalue weighted by Gasteiger charge is -2.11. The van der Waals surface area contributed by atoms with Gasteiger partial charge in [0, 0.05) is 12.6 Å². The first-order valence-corrected chi connectivity index (χ1v) is 6.76. The first kappa shape index (κ1) is 16.4. The van der Waals surface area contributed by atoms with E-state index in [1.807, 2.05) is 0 Å². The Morgan fingerprint density at radius 3 is 2.45 bits per heavy atom. The molecule has 0 radical (unpaired) electrons. The van der Waals surface area contributed by atoms with Crippen molar-refractivity contribution in [2.45, 2.75) is 24.9 Å². The van der Waals surface area contributed by atoms with Crippen molar-refractivity contribution in [3.63, 3.8) is 0 Å². The number of hydrogen-bond acceptors (Lipinski definition) is 4. The van der Waals surface area contributed by atoms with E-state index in [0.717, 1.165) is 6.07 Å². The van der Waals surface area contributed by atoms with Gasteiger partial charge in [-0.1, -0.05) is 6.07 Å². The summed E-state index contributed by atoms with van der Waals surface area (Å²) in [6.07, 6.45) is -4.75. The van der Waals surface area contributed by atoms with Crippen molar-refractivity contribution in [1.82, 2.24) is 0 Å². The third-order valence-electron chi connectivity index (χ3n) is 2.16. The van der Waals surface area contributed by atoms with Gasteiger partial charge in [0.2, 0.25) is 5.91 Å². The highest BCUT2D eigenvalue weighted by Crippen LogP contribution is 2.24. The molecule has 1 N–H and O–H groups in total. The van der Waals surface area contributed by atoms with Gasteiger partial charge < -0.3 is 5.32 Å². The molecule has 112 valence electrons. The number of aryl methyl sites for hydroxylation is 1. The van der Waals surface area contributed by atoms with Crippen LogP contribution in [0.15, 0.2) is 23.1 Å². The SMILES string of the molecule is CC(=O)Nc1ccc(C)c(S(=O)(=O)OCC(F)(F)F)c1. The standard InChI is InChI=1S/C11H12F3NO4S/c1-7-3-4-9(15-8(2)16)5-10(7)20(17,18)19-6-11(12,13)14/h3-5H,6H2,1-2H3,(H,15,16). The molecule has 0 unspecified atom stereocenters. The van der Waals surface area contributed by atoms with Crippen LogP contribution < -0.4 is 5.32 Å². The van der Waals surface area contributed by atoms with Gasteiger partial charge in [-0.25, -0.2) is 0 Å². The molecule has 0 atom stereocenters. The van der Waals surface area contributed by atoms with Gasteiger partial charge in [0.15, 0.2) is 6.61 Å². The number of halogens is 3. The van der Waals surface area contributed by atoms with Crippen LogP contribution in [0.25, 0.3) is 0 Å². The lowest BCUT2D eigenvalue weighted by Crippen LogP contribution is -2.21. The van der Waals surface area contributed by atoms with Crippen LogP contribution in [0.4, 0.5) is 18.9 Å². The van der Waals surface area contributed by atoms with Crippen molar-refractivity contribution in [1.29, 1.82) is 0 Å². The summed E-state index contributed by atoms with van der Waals surface area (Å²) in [7, 11) is -4.55. The highest BCUT2D eigenvalue weighted by Gasteiger charge is 2.32.